The first kappa shape index (κ1) is 13.8. The van der Waals surface area contributed by atoms with Crippen LogP contribution in [0.25, 0.3) is 10.2 Å². The van der Waals surface area contributed by atoms with Crippen molar-refractivity contribution in [3.05, 3.63) is 72.4 Å². The highest BCUT2D eigenvalue weighted by atomic mass is 32.1. The van der Waals surface area contributed by atoms with Gasteiger partial charge in [0.2, 0.25) is 0 Å². The monoisotopic (exact) mass is 319 g/mol. The van der Waals surface area contributed by atoms with Gasteiger partial charge in [0.15, 0.2) is 0 Å². The standard InChI is InChI=1S/C17H13N5S/c1-2-4-14(5-3-1)22(11-13-10-18-7-8-19-13)16-15-6-9-23-17(15)21-12-20-16/h1-10,12H,11H2. The number of thiophene rings is 1. The van der Waals surface area contributed by atoms with Crippen LogP contribution in [0, 0.1) is 0 Å². The Hall–Kier alpha value is -2.86. The zero-order valence-electron chi connectivity index (χ0n) is 12.2. The fourth-order valence-electron chi connectivity index (χ4n) is 2.46. The summed E-state index contributed by atoms with van der Waals surface area (Å²) in [5.74, 6) is 0.883. The van der Waals surface area contributed by atoms with Crippen molar-refractivity contribution in [3.8, 4) is 0 Å². The van der Waals surface area contributed by atoms with E-state index in [2.05, 4.69) is 43.0 Å². The van der Waals surface area contributed by atoms with Crippen LogP contribution >= 0.6 is 11.3 Å². The Morgan fingerprint density at radius 1 is 0.957 bits per heavy atom. The van der Waals surface area contributed by atoms with Crippen molar-refractivity contribution >= 4 is 33.1 Å². The van der Waals surface area contributed by atoms with Gasteiger partial charge >= 0.3 is 0 Å². The number of para-hydroxylation sites is 1. The minimum absolute atomic E-state index is 0.597. The summed E-state index contributed by atoms with van der Waals surface area (Å²) in [6.07, 6.45) is 6.78. The molecule has 112 valence electrons. The Kier molecular flexibility index (Phi) is 3.65. The van der Waals surface area contributed by atoms with Crippen LogP contribution in [0.15, 0.2) is 66.7 Å². The summed E-state index contributed by atoms with van der Waals surface area (Å²) in [4.78, 5) is 20.5. The average molecular weight is 319 g/mol. The van der Waals surface area contributed by atoms with E-state index < -0.39 is 0 Å². The number of benzene rings is 1. The van der Waals surface area contributed by atoms with Crippen molar-refractivity contribution in [1.82, 2.24) is 19.9 Å². The van der Waals surface area contributed by atoms with Crippen LogP contribution in [0.2, 0.25) is 0 Å². The van der Waals surface area contributed by atoms with Gasteiger partial charge in [0.1, 0.15) is 17.0 Å². The van der Waals surface area contributed by atoms with Crippen LogP contribution < -0.4 is 4.90 Å². The SMILES string of the molecule is c1ccc(N(Cc2cnccn2)c2ncnc3sccc23)cc1. The molecule has 4 rings (SSSR count). The molecule has 6 heteroatoms. The van der Waals surface area contributed by atoms with Crippen LogP contribution in [0.5, 0.6) is 0 Å². The molecule has 3 aromatic heterocycles. The molecule has 1 aromatic carbocycles. The van der Waals surface area contributed by atoms with Crippen molar-refractivity contribution in [1.29, 1.82) is 0 Å². The first-order valence-electron chi connectivity index (χ1n) is 7.17. The predicted molar refractivity (Wildman–Crippen MR) is 91.7 cm³/mol. The average Bonchev–Trinajstić information content (AvgIpc) is 3.10. The van der Waals surface area contributed by atoms with E-state index in [-0.39, 0.29) is 0 Å². The lowest BCUT2D eigenvalue weighted by Crippen LogP contribution is -2.18. The van der Waals surface area contributed by atoms with Crippen LogP contribution in [0.3, 0.4) is 0 Å². The highest BCUT2D eigenvalue weighted by Crippen LogP contribution is 2.32. The Morgan fingerprint density at radius 2 is 1.87 bits per heavy atom. The summed E-state index contributed by atoms with van der Waals surface area (Å²) in [5, 5.41) is 3.08. The molecule has 4 aromatic rings. The van der Waals surface area contributed by atoms with Gasteiger partial charge in [-0.15, -0.1) is 11.3 Å². The lowest BCUT2D eigenvalue weighted by Gasteiger charge is -2.23. The van der Waals surface area contributed by atoms with Crippen molar-refractivity contribution in [3.63, 3.8) is 0 Å². The number of nitrogens with zero attached hydrogens (tertiary/aromatic N) is 5. The molecule has 0 aliphatic carbocycles. The molecule has 0 atom stereocenters. The van der Waals surface area contributed by atoms with E-state index in [1.54, 1.807) is 36.3 Å². The summed E-state index contributed by atoms with van der Waals surface area (Å²) < 4.78 is 0. The van der Waals surface area contributed by atoms with Gasteiger partial charge in [-0.25, -0.2) is 9.97 Å². The van der Waals surface area contributed by atoms with E-state index >= 15 is 0 Å². The van der Waals surface area contributed by atoms with E-state index in [9.17, 15) is 0 Å². The third-order valence-corrected chi connectivity index (χ3v) is 4.32. The Morgan fingerprint density at radius 3 is 2.70 bits per heavy atom. The van der Waals surface area contributed by atoms with Crippen molar-refractivity contribution in [2.75, 3.05) is 4.90 Å². The smallest absolute Gasteiger partial charge is 0.145 e. The quantitative estimate of drug-likeness (QED) is 0.572. The van der Waals surface area contributed by atoms with Crippen molar-refractivity contribution < 1.29 is 0 Å². The molecule has 5 nitrogen and oxygen atoms in total. The summed E-state index contributed by atoms with van der Waals surface area (Å²) in [5.41, 5.74) is 1.95. The first-order chi connectivity index (χ1) is 11.4. The second kappa shape index (κ2) is 6.10. The number of hydrogen-bond acceptors (Lipinski definition) is 6. The summed E-state index contributed by atoms with van der Waals surface area (Å²) >= 11 is 1.61. The lowest BCUT2D eigenvalue weighted by atomic mass is 10.2. The summed E-state index contributed by atoms with van der Waals surface area (Å²) in [6.45, 7) is 0.597. The molecule has 0 spiro atoms. The topological polar surface area (TPSA) is 54.8 Å². The maximum absolute atomic E-state index is 4.53. The van der Waals surface area contributed by atoms with E-state index in [0.29, 0.717) is 6.54 Å². The highest BCUT2D eigenvalue weighted by Gasteiger charge is 2.16. The normalized spacial score (nSPS) is 10.8. The van der Waals surface area contributed by atoms with Gasteiger partial charge in [-0.2, -0.15) is 0 Å². The second-order valence-electron chi connectivity index (χ2n) is 4.96. The molecule has 0 saturated heterocycles. The Bertz CT molecular complexity index is 908. The van der Waals surface area contributed by atoms with E-state index in [1.165, 1.54) is 0 Å². The van der Waals surface area contributed by atoms with Gasteiger partial charge in [-0.3, -0.25) is 9.97 Å². The predicted octanol–water partition coefficient (Wildman–Crippen LogP) is 3.82. The zero-order chi connectivity index (χ0) is 15.5. The molecule has 0 unspecified atom stereocenters. The third kappa shape index (κ3) is 2.76. The maximum Gasteiger partial charge on any atom is 0.145 e. The minimum atomic E-state index is 0.597. The number of rotatable bonds is 4. The molecule has 0 fully saturated rings. The van der Waals surface area contributed by atoms with Gasteiger partial charge in [0.05, 0.1) is 23.8 Å². The van der Waals surface area contributed by atoms with Gasteiger partial charge in [0.25, 0.3) is 0 Å². The number of hydrogen-bond donors (Lipinski definition) is 0. The van der Waals surface area contributed by atoms with Gasteiger partial charge < -0.3 is 4.90 Å². The Labute approximate surface area is 137 Å². The molecule has 0 aliphatic rings. The van der Waals surface area contributed by atoms with Gasteiger partial charge in [0, 0.05) is 18.1 Å². The Balaban J connectivity index is 1.84. The number of anilines is 2. The first-order valence-corrected chi connectivity index (χ1v) is 8.05. The fraction of sp³-hybridized carbons (Fsp3) is 0.0588. The van der Waals surface area contributed by atoms with Crippen molar-refractivity contribution in [2.45, 2.75) is 6.54 Å². The molecule has 0 aliphatic heterocycles. The highest BCUT2D eigenvalue weighted by molar-refractivity contribution is 7.16. The minimum Gasteiger partial charge on any atom is -0.320 e. The van der Waals surface area contributed by atoms with E-state index in [0.717, 1.165) is 27.4 Å². The molecule has 3 heterocycles. The van der Waals surface area contributed by atoms with Crippen LogP contribution in [-0.4, -0.2) is 19.9 Å². The van der Waals surface area contributed by atoms with Crippen LogP contribution in [0.1, 0.15) is 5.69 Å². The molecule has 0 amide bonds. The van der Waals surface area contributed by atoms with E-state index in [1.807, 2.05) is 23.6 Å². The summed E-state index contributed by atoms with van der Waals surface area (Å²) in [7, 11) is 0. The van der Waals surface area contributed by atoms with Crippen LogP contribution in [-0.2, 0) is 6.54 Å². The van der Waals surface area contributed by atoms with Gasteiger partial charge in [-0.1, -0.05) is 18.2 Å². The van der Waals surface area contributed by atoms with Crippen molar-refractivity contribution in [2.24, 2.45) is 0 Å². The van der Waals surface area contributed by atoms with Gasteiger partial charge in [-0.05, 0) is 23.6 Å². The van der Waals surface area contributed by atoms with E-state index in [4.69, 9.17) is 0 Å². The lowest BCUT2D eigenvalue weighted by molar-refractivity contribution is 0.896. The zero-order valence-corrected chi connectivity index (χ0v) is 13.0. The second-order valence-corrected chi connectivity index (χ2v) is 5.85. The molecule has 0 N–H and O–H groups in total. The fourth-order valence-corrected chi connectivity index (χ4v) is 3.19. The molecular weight excluding hydrogens is 306 g/mol. The summed E-state index contributed by atoms with van der Waals surface area (Å²) in [6, 6.07) is 12.2. The largest absolute Gasteiger partial charge is 0.320 e. The molecule has 23 heavy (non-hydrogen) atoms. The van der Waals surface area contributed by atoms with Crippen LogP contribution in [0.4, 0.5) is 11.5 Å². The third-order valence-electron chi connectivity index (χ3n) is 3.50. The molecule has 0 saturated carbocycles. The molecular formula is C17H13N5S. The number of fused-ring (bicyclic) bond motifs is 1. The number of aromatic nitrogens is 4. The maximum atomic E-state index is 4.53. The molecule has 0 radical (unpaired) electrons. The molecule has 0 bridgehead atoms.